The Hall–Kier alpha value is 0.0500. The van der Waals surface area contributed by atoms with Crippen LogP contribution in [0.25, 0.3) is 0 Å². The highest BCUT2D eigenvalue weighted by Crippen LogP contribution is 2.42. The molecule has 4 heteroatoms. The van der Waals surface area contributed by atoms with E-state index >= 15 is 0 Å². The molecule has 2 fully saturated rings. The summed E-state index contributed by atoms with van der Waals surface area (Å²) >= 11 is 7.15. The summed E-state index contributed by atoms with van der Waals surface area (Å²) in [6, 6.07) is 0. The quantitative estimate of drug-likeness (QED) is 0.364. The van der Waals surface area contributed by atoms with E-state index < -0.39 is 0 Å². The van der Waals surface area contributed by atoms with E-state index in [4.69, 9.17) is 11.6 Å². The van der Waals surface area contributed by atoms with Gasteiger partial charge in [-0.05, 0) is 93.9 Å². The molecule has 0 bridgehead atoms. The summed E-state index contributed by atoms with van der Waals surface area (Å²) in [5, 5.41) is 0.962. The first-order chi connectivity index (χ1) is 9.81. The molecule has 0 saturated carbocycles. The fourth-order valence-electron chi connectivity index (χ4n) is 5.09. The van der Waals surface area contributed by atoms with Crippen molar-refractivity contribution in [1.29, 1.82) is 0 Å². The fourth-order valence-corrected chi connectivity index (χ4v) is 6.01. The third kappa shape index (κ3) is 3.84. The Balaban J connectivity index is 0.00000264. The van der Waals surface area contributed by atoms with Gasteiger partial charge in [-0.25, -0.2) is 9.48 Å². The van der Waals surface area contributed by atoms with Gasteiger partial charge in [-0.1, -0.05) is 0 Å². The van der Waals surface area contributed by atoms with E-state index in [0.29, 0.717) is 0 Å². The zero-order valence-corrected chi connectivity index (χ0v) is 17.9. The van der Waals surface area contributed by atoms with Crippen molar-refractivity contribution in [2.75, 3.05) is 0 Å². The van der Waals surface area contributed by atoms with Gasteiger partial charge in [-0.15, -0.1) is 0 Å². The molecule has 2 saturated heterocycles. The van der Waals surface area contributed by atoms with Gasteiger partial charge in [0, 0.05) is 11.6 Å². The van der Waals surface area contributed by atoms with E-state index in [1.165, 1.54) is 38.5 Å². The Labute approximate surface area is 155 Å². The molecule has 2 aliphatic heterocycles. The Bertz CT molecular complexity index is 442. The molecule has 0 amide bonds. The number of rotatable bonds is 0. The van der Waals surface area contributed by atoms with Crippen molar-refractivity contribution in [3.8, 4) is 0 Å². The van der Waals surface area contributed by atoms with Crippen LogP contribution in [-0.2, 0) is 0 Å². The van der Waals surface area contributed by atoms with Crippen LogP contribution < -0.4 is 12.4 Å². The summed E-state index contributed by atoms with van der Waals surface area (Å²) < 4.78 is 2.51. The van der Waals surface area contributed by atoms with Gasteiger partial charge < -0.3 is 12.4 Å². The predicted molar refractivity (Wildman–Crippen MR) is 97.0 cm³/mol. The summed E-state index contributed by atoms with van der Waals surface area (Å²) in [4.78, 5) is 2.51. The zero-order chi connectivity index (χ0) is 17.0. The third-order valence-electron chi connectivity index (χ3n) is 5.94. The smallest absolute Gasteiger partial charge is 0.346 e. The van der Waals surface area contributed by atoms with Crippen LogP contribution in [0.5, 0.6) is 0 Å². The Morgan fingerprint density at radius 1 is 0.739 bits per heavy atom. The van der Waals surface area contributed by atoms with E-state index in [-0.39, 0.29) is 34.6 Å². The lowest BCUT2D eigenvalue weighted by Gasteiger charge is -2.50. The molecule has 0 aromatic carbocycles. The largest absolute Gasteiger partial charge is 1.00 e. The number of likely N-dealkylation sites (tertiary alicyclic amines) is 1. The molecule has 23 heavy (non-hydrogen) atoms. The van der Waals surface area contributed by atoms with Crippen molar-refractivity contribution in [2.45, 2.75) is 116 Å². The lowest BCUT2D eigenvalue weighted by atomic mass is 9.79. The van der Waals surface area contributed by atoms with Gasteiger partial charge in [-0.3, -0.25) is 0 Å². The van der Waals surface area contributed by atoms with Crippen molar-refractivity contribution in [3.05, 3.63) is 0 Å². The van der Waals surface area contributed by atoms with E-state index in [0.717, 1.165) is 5.29 Å². The molecule has 2 nitrogen and oxygen atoms in total. The Morgan fingerprint density at radius 2 is 1.09 bits per heavy atom. The van der Waals surface area contributed by atoms with Crippen LogP contribution in [0, 0.1) is 0 Å². The SMILES string of the molecule is CC1(C)CCCC(C)(C)N1C(Cl)=[N+]1C(C)(C)CCCC1(C)C.[Cl-]. The second-order valence-electron chi connectivity index (χ2n) is 9.90. The summed E-state index contributed by atoms with van der Waals surface area (Å²) in [6.07, 6.45) is 7.41. The predicted octanol–water partition coefficient (Wildman–Crippen LogP) is 2.38. The normalized spacial score (nSPS) is 28.0. The van der Waals surface area contributed by atoms with Crippen LogP contribution in [0.4, 0.5) is 0 Å². The highest BCUT2D eigenvalue weighted by molar-refractivity contribution is 6.63. The van der Waals surface area contributed by atoms with Gasteiger partial charge >= 0.3 is 5.29 Å². The molecule has 0 atom stereocenters. The van der Waals surface area contributed by atoms with Crippen molar-refractivity contribution in [3.63, 3.8) is 0 Å². The molecule has 2 rings (SSSR count). The number of piperidine rings is 2. The number of halogens is 2. The van der Waals surface area contributed by atoms with Crippen LogP contribution in [0.15, 0.2) is 0 Å². The maximum atomic E-state index is 7.15. The molecule has 0 aliphatic carbocycles. The number of nitrogens with zero attached hydrogens (tertiary/aromatic N) is 2. The molecule has 0 spiro atoms. The second kappa shape index (κ2) is 6.41. The lowest BCUT2D eigenvalue weighted by molar-refractivity contribution is -0.677. The van der Waals surface area contributed by atoms with Crippen LogP contribution in [-0.4, -0.2) is 36.9 Å². The summed E-state index contributed by atoms with van der Waals surface area (Å²) in [7, 11) is 0. The molecule has 0 unspecified atom stereocenters. The Kier molecular flexibility index (Phi) is 5.88. The minimum Gasteiger partial charge on any atom is -1.00 e. The standard InChI is InChI=1S/C19H36ClN2.ClH/c1-16(2)11-9-12-17(3,4)21(16)15(20)22-18(5,6)13-10-14-19(22,7)8;/h9-14H2,1-8H3;1H/q+1;/p-1. The number of hydrogen-bond donors (Lipinski definition) is 0. The number of hydrogen-bond acceptors (Lipinski definition) is 0. The van der Waals surface area contributed by atoms with Gasteiger partial charge in [0.1, 0.15) is 22.2 Å². The van der Waals surface area contributed by atoms with Crippen molar-refractivity contribution < 1.29 is 17.0 Å². The minimum absolute atomic E-state index is 0. The monoisotopic (exact) mass is 362 g/mol. The van der Waals surface area contributed by atoms with E-state index in [1.54, 1.807) is 0 Å². The first-order valence-corrected chi connectivity index (χ1v) is 9.32. The Morgan fingerprint density at radius 3 is 1.48 bits per heavy atom. The molecule has 2 aliphatic rings. The van der Waals surface area contributed by atoms with Gasteiger partial charge in [0.25, 0.3) is 0 Å². The van der Waals surface area contributed by atoms with Crippen LogP contribution in [0.2, 0.25) is 0 Å². The minimum atomic E-state index is 0. The number of amidine groups is 1. The summed E-state index contributed by atoms with van der Waals surface area (Å²) in [5.74, 6) is 0. The molecule has 0 aromatic heterocycles. The zero-order valence-electron chi connectivity index (χ0n) is 16.4. The lowest BCUT2D eigenvalue weighted by Crippen LogP contribution is -3.00. The fraction of sp³-hybridized carbons (Fsp3) is 0.947. The van der Waals surface area contributed by atoms with Gasteiger partial charge in [0.15, 0.2) is 0 Å². The molecular weight excluding hydrogens is 327 g/mol. The molecule has 0 aromatic rings. The van der Waals surface area contributed by atoms with Crippen molar-refractivity contribution in [2.24, 2.45) is 0 Å². The van der Waals surface area contributed by atoms with Gasteiger partial charge in [0.2, 0.25) is 0 Å². The average molecular weight is 363 g/mol. The molecule has 2 heterocycles. The van der Waals surface area contributed by atoms with E-state index in [1.807, 2.05) is 0 Å². The third-order valence-corrected chi connectivity index (χ3v) is 6.28. The van der Waals surface area contributed by atoms with Gasteiger partial charge in [0.05, 0.1) is 0 Å². The first-order valence-electron chi connectivity index (χ1n) is 8.94. The van der Waals surface area contributed by atoms with E-state index in [2.05, 4.69) is 64.9 Å². The molecular formula is C19H36Cl2N2. The van der Waals surface area contributed by atoms with Crippen LogP contribution in [0.3, 0.4) is 0 Å². The van der Waals surface area contributed by atoms with Crippen molar-refractivity contribution in [1.82, 2.24) is 4.90 Å². The second-order valence-corrected chi connectivity index (χ2v) is 10.2. The van der Waals surface area contributed by atoms with Gasteiger partial charge in [-0.2, -0.15) is 0 Å². The van der Waals surface area contributed by atoms with Crippen LogP contribution in [0.1, 0.15) is 93.9 Å². The highest BCUT2D eigenvalue weighted by atomic mass is 35.5. The first kappa shape index (κ1) is 21.1. The molecule has 0 N–H and O–H groups in total. The average Bonchev–Trinajstić information content (AvgIpc) is 2.22. The highest BCUT2D eigenvalue weighted by Gasteiger charge is 2.53. The van der Waals surface area contributed by atoms with Crippen molar-refractivity contribution >= 4 is 16.9 Å². The van der Waals surface area contributed by atoms with E-state index in [9.17, 15) is 0 Å². The topological polar surface area (TPSA) is 6.25 Å². The van der Waals surface area contributed by atoms with Crippen LogP contribution >= 0.6 is 11.6 Å². The summed E-state index contributed by atoms with van der Waals surface area (Å²) in [6.45, 7) is 18.8. The molecule has 0 radical (unpaired) electrons. The summed E-state index contributed by atoms with van der Waals surface area (Å²) in [5.41, 5.74) is 0.454. The maximum Gasteiger partial charge on any atom is 0.346 e. The maximum absolute atomic E-state index is 7.15. The molecule has 136 valence electrons.